The van der Waals surface area contributed by atoms with Gasteiger partial charge in [0.2, 0.25) is 0 Å². The fourth-order valence-electron chi connectivity index (χ4n) is 0. The topological polar surface area (TPSA) is 0 Å². The first-order chi connectivity index (χ1) is 1.41. The van der Waals surface area contributed by atoms with Gasteiger partial charge in [0.25, 0.3) is 0 Å². The molecular formula is Cl2KNi. The molecule has 25 valence electrons. The molecule has 0 aliphatic carbocycles. The van der Waals surface area contributed by atoms with Gasteiger partial charge in [0, 0.05) is 51.4 Å². The molecule has 0 aromatic heterocycles. The van der Waals surface area contributed by atoms with Gasteiger partial charge in [0.1, 0.15) is 0 Å². The number of halogens is 2. The van der Waals surface area contributed by atoms with Gasteiger partial charge in [-0.2, -0.15) is 0 Å². The summed E-state index contributed by atoms with van der Waals surface area (Å²) in [6.45, 7) is 0. The molecule has 0 nitrogen and oxygen atoms in total. The monoisotopic (exact) mass is 167 g/mol. The maximum absolute atomic E-state index is 4.70. The van der Waals surface area contributed by atoms with Gasteiger partial charge < -0.3 is 0 Å². The maximum Gasteiger partial charge on any atom is 0 e. The van der Waals surface area contributed by atoms with Crippen LogP contribution in [0.5, 0.6) is 0 Å². The van der Waals surface area contributed by atoms with E-state index >= 15 is 0 Å². The molecule has 0 unspecified atom stereocenters. The third kappa shape index (κ3) is 8.83. The van der Waals surface area contributed by atoms with E-state index in [-0.39, 0.29) is 51.4 Å². The molecule has 0 saturated carbocycles. The first kappa shape index (κ1) is 9.86. The van der Waals surface area contributed by atoms with E-state index in [9.17, 15) is 0 Å². The molecule has 0 spiro atoms. The van der Waals surface area contributed by atoms with Crippen molar-refractivity contribution in [2.75, 3.05) is 0 Å². The summed E-state index contributed by atoms with van der Waals surface area (Å²) in [5, 5.41) is 0. The van der Waals surface area contributed by atoms with Crippen LogP contribution in [0.25, 0.3) is 0 Å². The third-order valence-electron chi connectivity index (χ3n) is 0. The van der Waals surface area contributed by atoms with Gasteiger partial charge in [-0.25, -0.2) is 0 Å². The zero-order valence-corrected chi connectivity index (χ0v) is 7.69. The Morgan fingerprint density at radius 1 is 1.25 bits per heavy atom. The van der Waals surface area contributed by atoms with E-state index in [1.807, 2.05) is 0 Å². The molecule has 0 aromatic rings. The summed E-state index contributed by atoms with van der Waals surface area (Å²) < 4.78 is 0. The molecule has 0 aliphatic rings. The van der Waals surface area contributed by atoms with Crippen LogP contribution >= 0.6 is 20.4 Å². The first-order valence-electron chi connectivity index (χ1n) is 0.239. The van der Waals surface area contributed by atoms with Crippen molar-refractivity contribution < 1.29 is 12.7 Å². The van der Waals surface area contributed by atoms with E-state index < -0.39 is 0 Å². The van der Waals surface area contributed by atoms with E-state index in [2.05, 4.69) is 0 Å². The molecule has 0 N–H and O–H groups in total. The van der Waals surface area contributed by atoms with Crippen molar-refractivity contribution in [3.05, 3.63) is 0 Å². The van der Waals surface area contributed by atoms with Crippen LogP contribution in [0.2, 0.25) is 0 Å². The molecular weight excluding hydrogens is 169 g/mol. The van der Waals surface area contributed by atoms with Crippen LogP contribution in [0.15, 0.2) is 0 Å². The van der Waals surface area contributed by atoms with E-state index in [1.54, 1.807) is 0 Å². The van der Waals surface area contributed by atoms with Gasteiger partial charge in [-0.3, -0.25) is 0 Å². The minimum atomic E-state index is 0. The standard InChI is InChI=1S/2ClH.K.Ni/h2*1H;;/q;;;+2/p-2. The van der Waals surface area contributed by atoms with Crippen LogP contribution in [0.3, 0.4) is 0 Å². The molecule has 0 aliphatic heterocycles. The van der Waals surface area contributed by atoms with Crippen LogP contribution in [-0.4, -0.2) is 51.4 Å². The van der Waals surface area contributed by atoms with Crippen molar-refractivity contribution in [3.8, 4) is 0 Å². The number of rotatable bonds is 0. The predicted molar refractivity (Wildman–Crippen MR) is 17.5 cm³/mol. The quantitative estimate of drug-likeness (QED) is 0.474. The molecule has 0 fully saturated rings. The van der Waals surface area contributed by atoms with Crippen molar-refractivity contribution in [1.82, 2.24) is 0 Å². The van der Waals surface area contributed by atoms with Crippen molar-refractivity contribution in [2.24, 2.45) is 0 Å². The second kappa shape index (κ2) is 9.20. The molecule has 0 heterocycles. The second-order valence-electron chi connectivity index (χ2n) is 0.0452. The maximum atomic E-state index is 4.70. The van der Waals surface area contributed by atoms with Crippen molar-refractivity contribution in [1.29, 1.82) is 0 Å². The summed E-state index contributed by atoms with van der Waals surface area (Å²) in [6.07, 6.45) is 0. The molecule has 0 amide bonds. The van der Waals surface area contributed by atoms with Gasteiger partial charge >= 0.3 is 33.0 Å². The van der Waals surface area contributed by atoms with Crippen LogP contribution in [-0.2, 0) is 12.7 Å². The smallest absolute Gasteiger partial charge is 0 e. The van der Waals surface area contributed by atoms with Crippen molar-refractivity contribution in [2.45, 2.75) is 0 Å². The van der Waals surface area contributed by atoms with E-state index in [4.69, 9.17) is 20.4 Å². The Morgan fingerprint density at radius 3 is 1.25 bits per heavy atom. The summed E-state index contributed by atoms with van der Waals surface area (Å²) in [7, 11) is 9.40. The zero-order valence-electron chi connectivity index (χ0n) is 2.07. The molecule has 4 heteroatoms. The Morgan fingerprint density at radius 2 is 1.25 bits per heavy atom. The predicted octanol–water partition coefficient (Wildman–Crippen LogP) is 0.996. The molecule has 1 radical (unpaired) electrons. The third-order valence-corrected chi connectivity index (χ3v) is 0. The summed E-state index contributed by atoms with van der Waals surface area (Å²) in [5.74, 6) is 0. The first-order valence-corrected chi connectivity index (χ1v) is 2.96. The zero-order chi connectivity index (χ0) is 2.71. The Hall–Kier alpha value is 2.71. The van der Waals surface area contributed by atoms with Gasteiger partial charge in [0.05, 0.1) is 0 Å². The largest absolute Gasteiger partial charge is 0 e. The van der Waals surface area contributed by atoms with Crippen LogP contribution in [0.1, 0.15) is 0 Å². The molecule has 0 rings (SSSR count). The average molecular weight is 169 g/mol. The normalized spacial score (nSPS) is 5.50. The molecule has 0 aromatic carbocycles. The molecule has 0 atom stereocenters. The van der Waals surface area contributed by atoms with E-state index in [0.29, 0.717) is 12.7 Å². The average Bonchev–Trinajstić information content (AvgIpc) is 0.918. The Kier molecular flexibility index (Phi) is 22.7. The Bertz CT molecular complexity index is 6.00. The van der Waals surface area contributed by atoms with Gasteiger partial charge in [-0.05, 0) is 0 Å². The van der Waals surface area contributed by atoms with Crippen LogP contribution < -0.4 is 0 Å². The number of hydrogen-bond acceptors (Lipinski definition) is 0. The fourth-order valence-corrected chi connectivity index (χ4v) is 0. The van der Waals surface area contributed by atoms with Crippen LogP contribution in [0.4, 0.5) is 0 Å². The molecule has 0 saturated heterocycles. The summed E-state index contributed by atoms with van der Waals surface area (Å²) >= 11 is 0.569. The van der Waals surface area contributed by atoms with Gasteiger partial charge in [-0.1, -0.05) is 0 Å². The summed E-state index contributed by atoms with van der Waals surface area (Å²) in [5.41, 5.74) is 0. The molecule has 4 heavy (non-hydrogen) atoms. The SMILES string of the molecule is [Cl][Ni][Cl].[K]. The van der Waals surface area contributed by atoms with Crippen LogP contribution in [0, 0.1) is 0 Å². The van der Waals surface area contributed by atoms with E-state index in [1.165, 1.54) is 0 Å². The fraction of sp³-hybridized carbons (Fsp3) is 0. The van der Waals surface area contributed by atoms with Crippen molar-refractivity contribution >= 4 is 71.8 Å². The second-order valence-corrected chi connectivity index (χ2v) is 1.68. The Balaban J connectivity index is 0. The van der Waals surface area contributed by atoms with Gasteiger partial charge in [-0.15, -0.1) is 0 Å². The van der Waals surface area contributed by atoms with E-state index in [0.717, 1.165) is 0 Å². The molecule has 0 bridgehead atoms. The van der Waals surface area contributed by atoms with Crippen molar-refractivity contribution in [3.63, 3.8) is 0 Å². The van der Waals surface area contributed by atoms with Gasteiger partial charge in [0.15, 0.2) is 0 Å². The Labute approximate surface area is 82.4 Å². The minimum Gasteiger partial charge on any atom is 0 e. The minimum absolute atomic E-state index is 0. The summed E-state index contributed by atoms with van der Waals surface area (Å²) in [4.78, 5) is 0. The summed E-state index contributed by atoms with van der Waals surface area (Å²) in [6, 6.07) is 0. The number of hydrogen-bond donors (Lipinski definition) is 0.